The van der Waals surface area contributed by atoms with Gasteiger partial charge in [0.05, 0.1) is 18.8 Å². The summed E-state index contributed by atoms with van der Waals surface area (Å²) in [5, 5.41) is 16.1. The molecule has 0 unspecified atom stereocenters. The lowest BCUT2D eigenvalue weighted by Gasteiger charge is -2.07. The lowest BCUT2D eigenvalue weighted by molar-refractivity contribution is 0.0684. The fraction of sp³-hybridized carbons (Fsp3) is 0.250. The van der Waals surface area contributed by atoms with Crippen molar-refractivity contribution in [3.63, 3.8) is 0 Å². The molecule has 0 radical (unpaired) electrons. The smallest absolute Gasteiger partial charge is 0.358 e. The molecule has 106 valence electrons. The number of rotatable bonds is 5. The number of nitrogens with zero attached hydrogens (tertiary/aromatic N) is 3. The van der Waals surface area contributed by atoms with Crippen LogP contribution in [-0.2, 0) is 17.9 Å². The summed E-state index contributed by atoms with van der Waals surface area (Å²) in [5.41, 5.74) is -0.0449. The van der Waals surface area contributed by atoms with Crippen LogP contribution in [0.5, 0.6) is 0 Å². The van der Waals surface area contributed by atoms with Gasteiger partial charge in [-0.2, -0.15) is 0 Å². The Bertz CT molecular complexity index is 643. The van der Waals surface area contributed by atoms with E-state index in [0.717, 1.165) is 18.2 Å². The maximum absolute atomic E-state index is 13.6. The zero-order valence-electron chi connectivity index (χ0n) is 10.5. The molecule has 20 heavy (non-hydrogen) atoms. The standard InChI is InChI=1S/C12H11F2N3O3/c1-20-6-10-11(12(18)19)15-16-17(10)5-7-4-8(13)2-3-9(7)14/h2-4H,5-6H2,1H3,(H,18,19). The van der Waals surface area contributed by atoms with Crippen molar-refractivity contribution in [3.05, 3.63) is 46.8 Å². The Balaban J connectivity index is 2.38. The first kappa shape index (κ1) is 14.1. The minimum absolute atomic E-state index is 0.0455. The van der Waals surface area contributed by atoms with Crippen LogP contribution in [0, 0.1) is 11.6 Å². The van der Waals surface area contributed by atoms with Gasteiger partial charge in [-0.15, -0.1) is 5.10 Å². The second-order valence-corrected chi connectivity index (χ2v) is 4.02. The van der Waals surface area contributed by atoms with Crippen molar-refractivity contribution in [2.75, 3.05) is 7.11 Å². The number of halogens is 2. The monoisotopic (exact) mass is 283 g/mol. The van der Waals surface area contributed by atoms with Gasteiger partial charge in [-0.3, -0.25) is 0 Å². The molecule has 0 aliphatic rings. The Morgan fingerprint density at radius 1 is 1.45 bits per heavy atom. The van der Waals surface area contributed by atoms with Crippen molar-refractivity contribution in [1.29, 1.82) is 0 Å². The largest absolute Gasteiger partial charge is 0.476 e. The number of aromatic nitrogens is 3. The molecule has 0 atom stereocenters. The summed E-state index contributed by atoms with van der Waals surface area (Å²) in [4.78, 5) is 11.0. The topological polar surface area (TPSA) is 77.2 Å². The summed E-state index contributed by atoms with van der Waals surface area (Å²) in [6.07, 6.45) is 0. The summed E-state index contributed by atoms with van der Waals surface area (Å²) in [6.45, 7) is -0.186. The predicted molar refractivity (Wildman–Crippen MR) is 63.2 cm³/mol. The van der Waals surface area contributed by atoms with Crippen molar-refractivity contribution >= 4 is 5.97 Å². The molecule has 6 nitrogen and oxygen atoms in total. The molecule has 1 N–H and O–H groups in total. The van der Waals surface area contributed by atoms with Gasteiger partial charge in [-0.1, -0.05) is 5.21 Å². The van der Waals surface area contributed by atoms with Crippen LogP contribution in [0.2, 0.25) is 0 Å². The van der Waals surface area contributed by atoms with Gasteiger partial charge in [0, 0.05) is 12.7 Å². The first-order valence-corrected chi connectivity index (χ1v) is 5.61. The Morgan fingerprint density at radius 3 is 2.85 bits per heavy atom. The van der Waals surface area contributed by atoms with E-state index in [9.17, 15) is 13.6 Å². The molecule has 0 fully saturated rings. The molecule has 0 spiro atoms. The fourth-order valence-corrected chi connectivity index (χ4v) is 1.73. The summed E-state index contributed by atoms with van der Waals surface area (Å²) >= 11 is 0. The quantitative estimate of drug-likeness (QED) is 0.898. The number of carboxylic acids is 1. The molecule has 1 aromatic carbocycles. The molecule has 0 bridgehead atoms. The minimum atomic E-state index is -1.26. The number of ether oxygens (including phenoxy) is 1. The summed E-state index contributed by atoms with van der Waals surface area (Å²) < 4.78 is 32.7. The lowest BCUT2D eigenvalue weighted by atomic mass is 10.2. The highest BCUT2D eigenvalue weighted by Gasteiger charge is 2.19. The van der Waals surface area contributed by atoms with Crippen molar-refractivity contribution in [1.82, 2.24) is 15.0 Å². The van der Waals surface area contributed by atoms with Gasteiger partial charge in [0.15, 0.2) is 5.69 Å². The third-order valence-corrected chi connectivity index (χ3v) is 2.65. The van der Waals surface area contributed by atoms with Crippen molar-refractivity contribution in [3.8, 4) is 0 Å². The van der Waals surface area contributed by atoms with E-state index in [2.05, 4.69) is 10.3 Å². The van der Waals surface area contributed by atoms with Crippen molar-refractivity contribution in [2.24, 2.45) is 0 Å². The molecular formula is C12H11F2N3O3. The molecule has 8 heteroatoms. The van der Waals surface area contributed by atoms with E-state index in [4.69, 9.17) is 9.84 Å². The Kier molecular flexibility index (Phi) is 4.04. The normalized spacial score (nSPS) is 10.8. The molecular weight excluding hydrogens is 272 g/mol. The Morgan fingerprint density at radius 2 is 2.20 bits per heavy atom. The summed E-state index contributed by atoms with van der Waals surface area (Å²) in [6, 6.07) is 3.02. The van der Waals surface area contributed by atoms with E-state index in [-0.39, 0.29) is 30.1 Å². The molecule has 0 saturated heterocycles. The van der Waals surface area contributed by atoms with E-state index in [1.54, 1.807) is 0 Å². The van der Waals surface area contributed by atoms with Crippen LogP contribution >= 0.6 is 0 Å². The number of hydrogen-bond donors (Lipinski definition) is 1. The number of aromatic carboxylic acids is 1. The highest BCUT2D eigenvalue weighted by Crippen LogP contribution is 2.14. The second-order valence-electron chi connectivity index (χ2n) is 4.02. The predicted octanol–water partition coefficient (Wildman–Crippen LogP) is 1.45. The number of hydrogen-bond acceptors (Lipinski definition) is 4. The van der Waals surface area contributed by atoms with Gasteiger partial charge >= 0.3 is 5.97 Å². The molecule has 0 saturated carbocycles. The van der Waals surface area contributed by atoms with Crippen LogP contribution < -0.4 is 0 Å². The molecule has 1 aromatic heterocycles. The molecule has 1 heterocycles. The van der Waals surface area contributed by atoms with Gasteiger partial charge in [0.1, 0.15) is 11.6 Å². The van der Waals surface area contributed by atoms with Crippen LogP contribution in [0.1, 0.15) is 21.7 Å². The third kappa shape index (κ3) is 2.80. The zero-order chi connectivity index (χ0) is 14.7. The van der Waals surface area contributed by atoms with Crippen LogP contribution in [0.4, 0.5) is 8.78 Å². The van der Waals surface area contributed by atoms with E-state index in [0.29, 0.717) is 0 Å². The van der Waals surface area contributed by atoms with Crippen LogP contribution in [0.3, 0.4) is 0 Å². The van der Waals surface area contributed by atoms with Crippen LogP contribution in [0.25, 0.3) is 0 Å². The average molecular weight is 283 g/mol. The lowest BCUT2D eigenvalue weighted by Crippen LogP contribution is -2.11. The minimum Gasteiger partial charge on any atom is -0.476 e. The van der Waals surface area contributed by atoms with E-state index >= 15 is 0 Å². The van der Waals surface area contributed by atoms with Gasteiger partial charge in [-0.05, 0) is 18.2 Å². The molecule has 2 rings (SSSR count). The third-order valence-electron chi connectivity index (χ3n) is 2.65. The van der Waals surface area contributed by atoms with E-state index in [1.807, 2.05) is 0 Å². The van der Waals surface area contributed by atoms with Gasteiger partial charge in [0.2, 0.25) is 0 Å². The van der Waals surface area contributed by atoms with Crippen LogP contribution in [0.15, 0.2) is 18.2 Å². The number of methoxy groups -OCH3 is 1. The van der Waals surface area contributed by atoms with Gasteiger partial charge < -0.3 is 9.84 Å². The first-order valence-electron chi connectivity index (χ1n) is 5.61. The number of carboxylic acid groups (broad SMARTS) is 1. The van der Waals surface area contributed by atoms with Gasteiger partial charge in [0.25, 0.3) is 0 Å². The second kappa shape index (κ2) is 5.74. The highest BCUT2D eigenvalue weighted by atomic mass is 19.1. The molecule has 0 aliphatic heterocycles. The number of carbonyl (C=O) groups is 1. The van der Waals surface area contributed by atoms with E-state index < -0.39 is 17.6 Å². The summed E-state index contributed by atoms with van der Waals surface area (Å²) in [7, 11) is 1.38. The van der Waals surface area contributed by atoms with Crippen molar-refractivity contribution < 1.29 is 23.4 Å². The fourth-order valence-electron chi connectivity index (χ4n) is 1.73. The Hall–Kier alpha value is -2.35. The SMILES string of the molecule is COCc1c(C(=O)O)nnn1Cc1cc(F)ccc1F. The van der Waals surface area contributed by atoms with Crippen molar-refractivity contribution in [2.45, 2.75) is 13.2 Å². The molecule has 2 aromatic rings. The van der Waals surface area contributed by atoms with Gasteiger partial charge in [-0.25, -0.2) is 18.3 Å². The zero-order valence-corrected chi connectivity index (χ0v) is 10.5. The maximum atomic E-state index is 13.6. The highest BCUT2D eigenvalue weighted by molar-refractivity contribution is 5.86. The first-order chi connectivity index (χ1) is 9.52. The average Bonchev–Trinajstić information content (AvgIpc) is 2.78. The molecule has 0 aliphatic carbocycles. The van der Waals surface area contributed by atoms with Crippen LogP contribution in [-0.4, -0.2) is 33.2 Å². The molecule has 0 amide bonds. The maximum Gasteiger partial charge on any atom is 0.358 e. The number of benzene rings is 1. The van der Waals surface area contributed by atoms with E-state index in [1.165, 1.54) is 11.8 Å². The summed E-state index contributed by atoms with van der Waals surface area (Å²) in [5.74, 6) is -2.46. The Labute approximate surface area is 112 Å².